The molecule has 8 bridgehead atoms. The van der Waals surface area contributed by atoms with Gasteiger partial charge in [0.2, 0.25) is 0 Å². The molecule has 9 aliphatic rings. The Kier molecular flexibility index (Phi) is 11.3. The average Bonchev–Trinajstić information content (AvgIpc) is 3.85. The molecule has 55 heavy (non-hydrogen) atoms. The standard InChI is InChI=1S/C17H28O2.C17H30O2.C12H16O5/c1-5-16(2,3)15(18)19-17(4)13-7-11-6-12(9-13)10-14(17)8-11;1-8-14(2,3)13(18)19-17(7)11-12-9-10-16(17,6)15(12,4)5;1-3-5(2)11(13)16-9-7-4-6-8(15-7)10(9)17-12(6)14/h11-14H,5-10H2,1-4H3;12H,8-11H2,1-7H3;5-10H,3-4H2,1-2H3. The molecule has 3 heterocycles. The van der Waals surface area contributed by atoms with Gasteiger partial charge in [-0.15, -0.1) is 0 Å². The van der Waals surface area contributed by atoms with Gasteiger partial charge in [0.1, 0.15) is 17.3 Å². The first-order valence-corrected chi connectivity index (χ1v) is 22.0. The molecule has 9 fully saturated rings. The van der Waals surface area contributed by atoms with Crippen molar-refractivity contribution in [3.8, 4) is 0 Å². The van der Waals surface area contributed by atoms with Gasteiger partial charge >= 0.3 is 23.9 Å². The van der Waals surface area contributed by atoms with Crippen LogP contribution in [0.1, 0.15) is 167 Å². The Labute approximate surface area is 331 Å². The highest BCUT2D eigenvalue weighted by Crippen LogP contribution is 2.71. The van der Waals surface area contributed by atoms with Gasteiger partial charge in [-0.1, -0.05) is 48.5 Å². The van der Waals surface area contributed by atoms with E-state index in [4.69, 9.17) is 23.7 Å². The smallest absolute Gasteiger partial charge is 0.312 e. The van der Waals surface area contributed by atoms with Gasteiger partial charge in [-0.2, -0.15) is 0 Å². The van der Waals surface area contributed by atoms with Crippen LogP contribution < -0.4 is 0 Å². The van der Waals surface area contributed by atoms with Crippen molar-refractivity contribution in [1.82, 2.24) is 0 Å². The molecule has 0 aromatic rings. The number of esters is 4. The van der Waals surface area contributed by atoms with Crippen LogP contribution in [-0.4, -0.2) is 59.5 Å². The highest BCUT2D eigenvalue weighted by atomic mass is 16.7. The summed E-state index contributed by atoms with van der Waals surface area (Å²) in [5, 5.41) is 0. The van der Waals surface area contributed by atoms with Crippen molar-refractivity contribution in [3.63, 3.8) is 0 Å². The van der Waals surface area contributed by atoms with Gasteiger partial charge in [0, 0.05) is 5.41 Å². The summed E-state index contributed by atoms with van der Waals surface area (Å²) in [6.07, 6.45) is 12.0. The minimum absolute atomic E-state index is 0.0185. The maximum Gasteiger partial charge on any atom is 0.312 e. The number of rotatable bonds is 9. The van der Waals surface area contributed by atoms with E-state index in [1.54, 1.807) is 0 Å². The largest absolute Gasteiger partial charge is 0.458 e. The minimum Gasteiger partial charge on any atom is -0.458 e. The van der Waals surface area contributed by atoms with Crippen molar-refractivity contribution < 1.29 is 42.9 Å². The molecule has 0 spiro atoms. The van der Waals surface area contributed by atoms with Gasteiger partial charge in [-0.05, 0) is 154 Å². The second kappa shape index (κ2) is 14.6. The summed E-state index contributed by atoms with van der Waals surface area (Å²) in [6.45, 7) is 27.3. The predicted octanol–water partition coefficient (Wildman–Crippen LogP) is 9.41. The second-order valence-electron chi connectivity index (χ2n) is 21.6. The van der Waals surface area contributed by atoms with Crippen molar-refractivity contribution in [3.05, 3.63) is 0 Å². The number of fused-ring (bicyclic) bond motifs is 3. The fourth-order valence-corrected chi connectivity index (χ4v) is 11.8. The molecule has 9 rings (SSSR count). The molecule has 0 aromatic carbocycles. The SMILES string of the molecule is CCC(C)(C)C(=O)OC1(C)C2CC3CC(C2)CC1C3.CCC(C)(C)C(=O)OC1(C)CC2CCC1(C)C2(C)C.CCC(C)C(=O)OC1C2CC3C(=O)OC1C3O2. The van der Waals surface area contributed by atoms with Crippen molar-refractivity contribution in [2.75, 3.05) is 0 Å². The van der Waals surface area contributed by atoms with Gasteiger partial charge in [0.25, 0.3) is 0 Å². The molecule has 3 aliphatic heterocycles. The lowest BCUT2D eigenvalue weighted by atomic mass is 9.50. The summed E-state index contributed by atoms with van der Waals surface area (Å²) in [6, 6.07) is 0. The summed E-state index contributed by atoms with van der Waals surface area (Å²) < 4.78 is 28.5. The van der Waals surface area contributed by atoms with Crippen LogP contribution in [0.4, 0.5) is 0 Å². The molecule has 312 valence electrons. The Hall–Kier alpha value is -2.16. The lowest BCUT2D eigenvalue weighted by molar-refractivity contribution is -0.211. The number of carbonyl (C=O) groups is 4. The highest BCUT2D eigenvalue weighted by molar-refractivity contribution is 5.78. The zero-order chi connectivity index (χ0) is 40.7. The van der Waals surface area contributed by atoms with Gasteiger partial charge in [0.15, 0.2) is 12.2 Å². The maximum absolute atomic E-state index is 12.5. The lowest BCUT2D eigenvalue weighted by Crippen LogP contribution is -2.58. The molecular weight excluding hydrogens is 696 g/mol. The lowest BCUT2D eigenvalue weighted by Gasteiger charge is -2.59. The first kappa shape index (κ1) is 42.4. The van der Waals surface area contributed by atoms with Crippen LogP contribution in [0.25, 0.3) is 0 Å². The van der Waals surface area contributed by atoms with E-state index in [1.807, 2.05) is 41.5 Å². The summed E-state index contributed by atoms with van der Waals surface area (Å²) in [5.74, 6) is 3.10. The number of hydrogen-bond donors (Lipinski definition) is 0. The van der Waals surface area contributed by atoms with E-state index in [2.05, 4.69) is 48.5 Å². The number of hydrogen-bond acceptors (Lipinski definition) is 9. The second-order valence-corrected chi connectivity index (χ2v) is 21.6. The van der Waals surface area contributed by atoms with Crippen LogP contribution in [0, 0.1) is 63.1 Å². The van der Waals surface area contributed by atoms with Gasteiger partial charge in [-0.3, -0.25) is 19.2 Å². The summed E-state index contributed by atoms with van der Waals surface area (Å²) in [7, 11) is 0. The van der Waals surface area contributed by atoms with Gasteiger partial charge < -0.3 is 23.7 Å². The topological polar surface area (TPSA) is 114 Å². The Bertz CT molecular complexity index is 1470. The van der Waals surface area contributed by atoms with Gasteiger partial charge in [-0.25, -0.2) is 0 Å². The van der Waals surface area contributed by atoms with Gasteiger partial charge in [0.05, 0.1) is 28.8 Å². The monoisotopic (exact) mass is 771 g/mol. The number of ether oxygens (including phenoxy) is 5. The Morgan fingerprint density at radius 1 is 0.782 bits per heavy atom. The molecule has 9 nitrogen and oxygen atoms in total. The van der Waals surface area contributed by atoms with E-state index in [1.165, 1.54) is 44.9 Å². The zero-order valence-electron chi connectivity index (χ0n) is 36.5. The van der Waals surface area contributed by atoms with E-state index in [0.29, 0.717) is 24.2 Å². The first-order chi connectivity index (χ1) is 25.5. The molecule has 0 N–H and O–H groups in total. The summed E-state index contributed by atoms with van der Waals surface area (Å²) in [4.78, 5) is 48.2. The molecular formula is C46H74O9. The molecule has 6 saturated carbocycles. The molecule has 0 amide bonds. The Balaban J connectivity index is 0.000000140. The normalized spacial score (nSPS) is 42.8. The van der Waals surface area contributed by atoms with Crippen LogP contribution in [0.2, 0.25) is 0 Å². The van der Waals surface area contributed by atoms with E-state index in [-0.39, 0.29) is 86.9 Å². The van der Waals surface area contributed by atoms with E-state index in [0.717, 1.165) is 37.5 Å². The molecule has 0 aromatic heterocycles. The Morgan fingerprint density at radius 3 is 1.80 bits per heavy atom. The van der Waals surface area contributed by atoms with E-state index < -0.39 is 6.10 Å². The molecule has 9 heteroatoms. The third kappa shape index (κ3) is 7.08. The third-order valence-electron chi connectivity index (χ3n) is 17.6. The zero-order valence-corrected chi connectivity index (χ0v) is 36.5. The molecule has 9 unspecified atom stereocenters. The van der Waals surface area contributed by atoms with Crippen LogP contribution in [0.3, 0.4) is 0 Å². The van der Waals surface area contributed by atoms with Crippen LogP contribution in [0.5, 0.6) is 0 Å². The van der Waals surface area contributed by atoms with Crippen molar-refractivity contribution in [1.29, 1.82) is 0 Å². The molecule has 9 atom stereocenters. The summed E-state index contributed by atoms with van der Waals surface area (Å²) >= 11 is 0. The summed E-state index contributed by atoms with van der Waals surface area (Å²) in [5.41, 5.74) is -0.772. The van der Waals surface area contributed by atoms with Crippen LogP contribution in [0.15, 0.2) is 0 Å². The van der Waals surface area contributed by atoms with Crippen molar-refractivity contribution in [2.45, 2.75) is 203 Å². The Morgan fingerprint density at radius 2 is 1.33 bits per heavy atom. The quantitative estimate of drug-likeness (QED) is 0.167. The van der Waals surface area contributed by atoms with Crippen molar-refractivity contribution >= 4 is 23.9 Å². The number of carbonyl (C=O) groups excluding carboxylic acids is 4. The van der Waals surface area contributed by atoms with Crippen molar-refractivity contribution in [2.24, 2.45) is 63.1 Å². The third-order valence-corrected chi connectivity index (χ3v) is 17.6. The fraction of sp³-hybridized carbons (Fsp3) is 0.913. The fourth-order valence-electron chi connectivity index (χ4n) is 11.8. The van der Waals surface area contributed by atoms with E-state index >= 15 is 0 Å². The first-order valence-electron chi connectivity index (χ1n) is 22.0. The average molecular weight is 771 g/mol. The molecule has 0 radical (unpaired) electrons. The van der Waals surface area contributed by atoms with Crippen LogP contribution in [-0.2, 0) is 42.9 Å². The highest BCUT2D eigenvalue weighted by Gasteiger charge is 2.69. The molecule has 3 saturated heterocycles. The predicted molar refractivity (Wildman–Crippen MR) is 209 cm³/mol. The maximum atomic E-state index is 12.5. The van der Waals surface area contributed by atoms with E-state index in [9.17, 15) is 19.2 Å². The molecule has 6 aliphatic carbocycles. The minimum atomic E-state index is -0.399. The van der Waals surface area contributed by atoms with Crippen LogP contribution >= 0.6 is 0 Å².